The van der Waals surface area contributed by atoms with E-state index in [0.717, 1.165) is 12.0 Å². The Morgan fingerprint density at radius 1 is 1.39 bits per heavy atom. The lowest BCUT2D eigenvalue weighted by Gasteiger charge is -2.08. The lowest BCUT2D eigenvalue weighted by Crippen LogP contribution is -2.07. The van der Waals surface area contributed by atoms with E-state index in [1.165, 1.54) is 25.7 Å². The summed E-state index contributed by atoms with van der Waals surface area (Å²) in [5.41, 5.74) is 1.59. The molecule has 0 amide bonds. The molecule has 0 spiro atoms. The van der Waals surface area contributed by atoms with Crippen molar-refractivity contribution in [2.45, 2.75) is 38.3 Å². The van der Waals surface area contributed by atoms with E-state index < -0.39 is 0 Å². The molecule has 1 fully saturated rings. The highest BCUT2D eigenvalue weighted by atomic mass is 16.1. The third-order valence-corrected chi connectivity index (χ3v) is 3.48. The van der Waals surface area contributed by atoms with Crippen LogP contribution < -0.4 is 0 Å². The first-order valence-electron chi connectivity index (χ1n) is 6.37. The lowest BCUT2D eigenvalue weighted by atomic mass is 10.3. The van der Waals surface area contributed by atoms with Crippen molar-refractivity contribution in [1.82, 2.24) is 19.6 Å². The fourth-order valence-corrected chi connectivity index (χ4v) is 2.53. The molecule has 0 bridgehead atoms. The molecule has 2 heterocycles. The van der Waals surface area contributed by atoms with Gasteiger partial charge >= 0.3 is 0 Å². The van der Waals surface area contributed by atoms with E-state index in [2.05, 4.69) is 21.1 Å². The Bertz CT molecular complexity index is 537. The minimum absolute atomic E-state index is 0.571. The molecular weight excluding hydrogens is 228 g/mol. The molecule has 94 valence electrons. The SMILES string of the molecule is O=Cc1cnn(Cc2ccn(C3CCCC3)n2)c1. The Balaban J connectivity index is 1.71. The fraction of sp³-hybridized carbons (Fsp3) is 0.462. The summed E-state index contributed by atoms with van der Waals surface area (Å²) < 4.78 is 3.82. The second-order valence-electron chi connectivity index (χ2n) is 4.81. The zero-order valence-electron chi connectivity index (χ0n) is 10.2. The minimum Gasteiger partial charge on any atom is -0.298 e. The van der Waals surface area contributed by atoms with E-state index in [-0.39, 0.29) is 0 Å². The van der Waals surface area contributed by atoms with Crippen LogP contribution in [-0.2, 0) is 6.54 Å². The molecule has 1 saturated carbocycles. The standard InChI is InChI=1S/C13H16N4O/c18-10-11-7-14-16(8-11)9-12-5-6-17(15-12)13-3-1-2-4-13/h5-8,10,13H,1-4,9H2. The number of aldehydes is 1. The predicted molar refractivity (Wildman–Crippen MR) is 66.4 cm³/mol. The third-order valence-electron chi connectivity index (χ3n) is 3.48. The molecule has 1 aliphatic rings. The van der Waals surface area contributed by atoms with Gasteiger partial charge in [-0.25, -0.2) is 0 Å². The third kappa shape index (κ3) is 2.20. The first-order chi connectivity index (χ1) is 8.85. The topological polar surface area (TPSA) is 52.7 Å². The van der Waals surface area contributed by atoms with Crippen molar-refractivity contribution >= 4 is 6.29 Å². The van der Waals surface area contributed by atoms with Crippen molar-refractivity contribution in [3.05, 3.63) is 35.9 Å². The van der Waals surface area contributed by atoms with Crippen LogP contribution in [0, 0.1) is 0 Å². The number of aromatic nitrogens is 4. The summed E-state index contributed by atoms with van der Waals surface area (Å²) in [4.78, 5) is 10.6. The highest BCUT2D eigenvalue weighted by molar-refractivity contribution is 5.73. The van der Waals surface area contributed by atoms with Crippen LogP contribution in [0.1, 0.15) is 47.8 Å². The van der Waals surface area contributed by atoms with Gasteiger partial charge in [0.25, 0.3) is 0 Å². The van der Waals surface area contributed by atoms with Crippen LogP contribution in [0.4, 0.5) is 0 Å². The minimum atomic E-state index is 0.571. The molecule has 2 aromatic heterocycles. The molecular formula is C13H16N4O. The van der Waals surface area contributed by atoms with Gasteiger partial charge < -0.3 is 0 Å². The average Bonchev–Trinajstić information content (AvgIpc) is 3.10. The van der Waals surface area contributed by atoms with Gasteiger partial charge in [-0.2, -0.15) is 10.2 Å². The van der Waals surface area contributed by atoms with Gasteiger partial charge in [0.2, 0.25) is 0 Å². The molecule has 0 aliphatic heterocycles. The monoisotopic (exact) mass is 244 g/mol. The van der Waals surface area contributed by atoms with Crippen LogP contribution >= 0.6 is 0 Å². The number of carbonyl (C=O) groups is 1. The Morgan fingerprint density at radius 2 is 2.22 bits per heavy atom. The van der Waals surface area contributed by atoms with Crippen molar-refractivity contribution in [1.29, 1.82) is 0 Å². The molecule has 1 aliphatic carbocycles. The van der Waals surface area contributed by atoms with Crippen LogP contribution in [0.3, 0.4) is 0 Å². The van der Waals surface area contributed by atoms with E-state index in [1.54, 1.807) is 17.1 Å². The molecule has 5 nitrogen and oxygen atoms in total. The van der Waals surface area contributed by atoms with Crippen LogP contribution in [-0.4, -0.2) is 25.8 Å². The highest BCUT2D eigenvalue weighted by Gasteiger charge is 2.17. The number of hydrogen-bond donors (Lipinski definition) is 0. The van der Waals surface area contributed by atoms with Crippen LogP contribution in [0.25, 0.3) is 0 Å². The average molecular weight is 244 g/mol. The zero-order chi connectivity index (χ0) is 12.4. The number of hydrogen-bond acceptors (Lipinski definition) is 3. The summed E-state index contributed by atoms with van der Waals surface area (Å²) in [6.45, 7) is 0.619. The normalized spacial score (nSPS) is 16.2. The van der Waals surface area contributed by atoms with Crippen LogP contribution in [0.2, 0.25) is 0 Å². The van der Waals surface area contributed by atoms with Gasteiger partial charge in [0.05, 0.1) is 30.0 Å². The van der Waals surface area contributed by atoms with E-state index >= 15 is 0 Å². The molecule has 0 radical (unpaired) electrons. The van der Waals surface area contributed by atoms with Crippen molar-refractivity contribution in [3.63, 3.8) is 0 Å². The highest BCUT2D eigenvalue weighted by Crippen LogP contribution is 2.28. The molecule has 2 aromatic rings. The maximum Gasteiger partial charge on any atom is 0.153 e. The van der Waals surface area contributed by atoms with Crippen molar-refractivity contribution in [2.24, 2.45) is 0 Å². The zero-order valence-corrected chi connectivity index (χ0v) is 10.2. The Labute approximate surface area is 105 Å². The van der Waals surface area contributed by atoms with Gasteiger partial charge in [0.1, 0.15) is 0 Å². The summed E-state index contributed by atoms with van der Waals surface area (Å²) in [7, 11) is 0. The Kier molecular flexibility index (Phi) is 2.96. The maximum absolute atomic E-state index is 10.6. The summed E-state index contributed by atoms with van der Waals surface area (Å²) in [5.74, 6) is 0. The molecule has 0 aromatic carbocycles. The first kappa shape index (κ1) is 11.2. The fourth-order valence-electron chi connectivity index (χ4n) is 2.53. The Hall–Kier alpha value is -1.91. The molecule has 3 rings (SSSR count). The molecule has 0 unspecified atom stereocenters. The predicted octanol–water partition coefficient (Wildman–Crippen LogP) is 2.06. The molecule has 0 atom stereocenters. The summed E-state index contributed by atoms with van der Waals surface area (Å²) in [5, 5.41) is 8.72. The quantitative estimate of drug-likeness (QED) is 0.773. The van der Waals surface area contributed by atoms with Crippen LogP contribution in [0.15, 0.2) is 24.7 Å². The van der Waals surface area contributed by atoms with Gasteiger partial charge in [-0.1, -0.05) is 12.8 Å². The summed E-state index contributed by atoms with van der Waals surface area (Å²) in [6, 6.07) is 2.60. The lowest BCUT2D eigenvalue weighted by molar-refractivity contribution is 0.112. The number of nitrogens with zero attached hydrogens (tertiary/aromatic N) is 4. The molecule has 18 heavy (non-hydrogen) atoms. The van der Waals surface area contributed by atoms with E-state index in [0.29, 0.717) is 18.2 Å². The maximum atomic E-state index is 10.6. The second-order valence-corrected chi connectivity index (χ2v) is 4.81. The largest absolute Gasteiger partial charge is 0.298 e. The van der Waals surface area contributed by atoms with Crippen molar-refractivity contribution < 1.29 is 4.79 Å². The number of rotatable bonds is 4. The van der Waals surface area contributed by atoms with Gasteiger partial charge in [-0.15, -0.1) is 0 Å². The van der Waals surface area contributed by atoms with Gasteiger partial charge in [0.15, 0.2) is 6.29 Å². The van der Waals surface area contributed by atoms with Gasteiger partial charge in [0, 0.05) is 12.4 Å². The van der Waals surface area contributed by atoms with E-state index in [4.69, 9.17) is 0 Å². The Morgan fingerprint density at radius 3 is 2.94 bits per heavy atom. The number of carbonyl (C=O) groups excluding carboxylic acids is 1. The smallest absolute Gasteiger partial charge is 0.153 e. The van der Waals surface area contributed by atoms with Gasteiger partial charge in [-0.3, -0.25) is 14.2 Å². The molecule has 0 saturated heterocycles. The van der Waals surface area contributed by atoms with E-state index in [9.17, 15) is 4.79 Å². The van der Waals surface area contributed by atoms with Crippen molar-refractivity contribution in [3.8, 4) is 0 Å². The molecule has 0 N–H and O–H groups in total. The summed E-state index contributed by atoms with van der Waals surface area (Å²) in [6.07, 6.45) is 11.2. The molecule has 5 heteroatoms. The first-order valence-corrected chi connectivity index (χ1v) is 6.37. The van der Waals surface area contributed by atoms with Crippen LogP contribution in [0.5, 0.6) is 0 Å². The van der Waals surface area contributed by atoms with Crippen molar-refractivity contribution in [2.75, 3.05) is 0 Å². The van der Waals surface area contributed by atoms with E-state index in [1.807, 2.05) is 6.07 Å². The summed E-state index contributed by atoms with van der Waals surface area (Å²) >= 11 is 0. The van der Waals surface area contributed by atoms with Gasteiger partial charge in [-0.05, 0) is 18.9 Å². The second kappa shape index (κ2) is 4.76.